The van der Waals surface area contributed by atoms with E-state index in [1.165, 1.54) is 0 Å². The van der Waals surface area contributed by atoms with Crippen LogP contribution in [-0.4, -0.2) is 63.2 Å². The number of aryl methyl sites for hydroxylation is 1. The number of hydrogen-bond donors (Lipinski definition) is 2. The molecule has 160 valence electrons. The highest BCUT2D eigenvalue weighted by atomic mass is 16.5. The van der Waals surface area contributed by atoms with Crippen molar-refractivity contribution in [2.24, 2.45) is 0 Å². The van der Waals surface area contributed by atoms with Gasteiger partial charge in [0.2, 0.25) is 5.91 Å². The van der Waals surface area contributed by atoms with Gasteiger partial charge in [-0.15, -0.1) is 0 Å². The van der Waals surface area contributed by atoms with Crippen molar-refractivity contribution in [2.45, 2.75) is 13.0 Å². The summed E-state index contributed by atoms with van der Waals surface area (Å²) in [6.07, 6.45) is 0. The molecule has 1 aliphatic rings. The van der Waals surface area contributed by atoms with E-state index in [2.05, 4.69) is 15.5 Å². The number of nitrogens with one attached hydrogen (secondary N) is 2. The van der Waals surface area contributed by atoms with Crippen LogP contribution in [0.25, 0.3) is 0 Å². The first-order chi connectivity index (χ1) is 14.6. The third-order valence-corrected chi connectivity index (χ3v) is 5.20. The average Bonchev–Trinajstić information content (AvgIpc) is 2.79. The highest BCUT2D eigenvalue weighted by Crippen LogP contribution is 2.23. The fourth-order valence-electron chi connectivity index (χ4n) is 3.41. The highest BCUT2D eigenvalue weighted by molar-refractivity contribution is 5.96. The summed E-state index contributed by atoms with van der Waals surface area (Å²) in [4.78, 5) is 26.9. The summed E-state index contributed by atoms with van der Waals surface area (Å²) in [7, 11) is 1.64. The predicted molar refractivity (Wildman–Crippen MR) is 115 cm³/mol. The Labute approximate surface area is 177 Å². The van der Waals surface area contributed by atoms with E-state index < -0.39 is 0 Å². The van der Waals surface area contributed by atoms with Crippen molar-refractivity contribution >= 4 is 11.8 Å². The number of hydrogen-bond acceptors (Lipinski definition) is 5. The van der Waals surface area contributed by atoms with Crippen LogP contribution in [0.5, 0.6) is 5.75 Å². The Morgan fingerprint density at radius 1 is 1.03 bits per heavy atom. The third kappa shape index (κ3) is 6.05. The van der Waals surface area contributed by atoms with Gasteiger partial charge in [-0.05, 0) is 36.8 Å². The minimum atomic E-state index is -0.259. The molecule has 0 spiro atoms. The van der Waals surface area contributed by atoms with Crippen LogP contribution in [0.2, 0.25) is 0 Å². The van der Waals surface area contributed by atoms with E-state index in [4.69, 9.17) is 9.47 Å². The summed E-state index contributed by atoms with van der Waals surface area (Å²) in [6.45, 7) is 5.30. The summed E-state index contributed by atoms with van der Waals surface area (Å²) in [5.74, 6) is 0.314. The van der Waals surface area contributed by atoms with E-state index in [-0.39, 0.29) is 24.4 Å². The molecular formula is C23H29N3O4. The van der Waals surface area contributed by atoms with Crippen molar-refractivity contribution in [2.75, 3.05) is 46.5 Å². The van der Waals surface area contributed by atoms with Crippen LogP contribution in [0, 0.1) is 6.92 Å². The largest absolute Gasteiger partial charge is 0.497 e. The average molecular weight is 412 g/mol. The molecule has 0 aliphatic carbocycles. The zero-order chi connectivity index (χ0) is 21.3. The summed E-state index contributed by atoms with van der Waals surface area (Å²) in [5, 5.41) is 5.63. The maximum atomic E-state index is 12.4. The van der Waals surface area contributed by atoms with E-state index in [1.54, 1.807) is 19.2 Å². The van der Waals surface area contributed by atoms with Crippen molar-refractivity contribution in [3.8, 4) is 5.75 Å². The number of ether oxygens (including phenoxy) is 2. The van der Waals surface area contributed by atoms with Crippen LogP contribution in [0.3, 0.4) is 0 Å². The first kappa shape index (κ1) is 21.8. The van der Waals surface area contributed by atoms with Crippen LogP contribution < -0.4 is 15.4 Å². The molecule has 2 amide bonds. The predicted octanol–water partition coefficient (Wildman–Crippen LogP) is 1.92. The molecule has 0 aromatic heterocycles. The van der Waals surface area contributed by atoms with Crippen molar-refractivity contribution in [1.82, 2.24) is 15.5 Å². The van der Waals surface area contributed by atoms with E-state index in [0.29, 0.717) is 25.3 Å². The molecule has 7 nitrogen and oxygen atoms in total. The van der Waals surface area contributed by atoms with Gasteiger partial charge in [-0.3, -0.25) is 14.5 Å². The monoisotopic (exact) mass is 411 g/mol. The maximum Gasteiger partial charge on any atom is 0.251 e. The summed E-state index contributed by atoms with van der Waals surface area (Å²) >= 11 is 0. The van der Waals surface area contributed by atoms with Crippen molar-refractivity contribution in [3.05, 3.63) is 65.2 Å². The lowest BCUT2D eigenvalue weighted by molar-refractivity contribution is -0.120. The molecule has 7 heteroatoms. The number of amides is 2. The van der Waals surface area contributed by atoms with E-state index in [9.17, 15) is 9.59 Å². The number of carbonyl (C=O) groups is 2. The molecule has 0 bridgehead atoms. The van der Waals surface area contributed by atoms with Crippen LogP contribution in [0.4, 0.5) is 0 Å². The molecule has 1 unspecified atom stereocenters. The molecule has 1 atom stereocenters. The molecule has 1 heterocycles. The number of methoxy groups -OCH3 is 1. The molecular weight excluding hydrogens is 382 g/mol. The van der Waals surface area contributed by atoms with Crippen molar-refractivity contribution in [1.29, 1.82) is 0 Å². The standard InChI is InChI=1S/C23H29N3O4/c1-17-3-5-19(6-4-17)23(28)25-16-22(27)24-15-21(26-11-13-30-14-12-26)18-7-9-20(29-2)10-8-18/h3-10,21H,11-16H2,1-2H3,(H,24,27)(H,25,28). The lowest BCUT2D eigenvalue weighted by Gasteiger charge is -2.35. The summed E-state index contributed by atoms with van der Waals surface area (Å²) < 4.78 is 10.7. The van der Waals surface area contributed by atoms with Gasteiger partial charge in [0.15, 0.2) is 0 Å². The quantitative estimate of drug-likeness (QED) is 0.694. The third-order valence-electron chi connectivity index (χ3n) is 5.20. The Morgan fingerprint density at radius 2 is 1.70 bits per heavy atom. The molecule has 2 aromatic rings. The van der Waals surface area contributed by atoms with Gasteiger partial charge in [0.05, 0.1) is 32.9 Å². The molecule has 0 saturated carbocycles. The van der Waals surface area contributed by atoms with Crippen LogP contribution in [0.1, 0.15) is 27.5 Å². The summed E-state index contributed by atoms with van der Waals surface area (Å²) in [5.41, 5.74) is 2.72. The van der Waals surface area contributed by atoms with Crippen LogP contribution in [-0.2, 0) is 9.53 Å². The maximum absolute atomic E-state index is 12.4. The zero-order valence-corrected chi connectivity index (χ0v) is 17.5. The number of benzene rings is 2. The minimum absolute atomic E-state index is 0.0246. The van der Waals surface area contributed by atoms with Gasteiger partial charge in [0.25, 0.3) is 5.91 Å². The van der Waals surface area contributed by atoms with E-state index in [0.717, 1.165) is 30.0 Å². The molecule has 30 heavy (non-hydrogen) atoms. The Hall–Kier alpha value is -2.90. The molecule has 2 N–H and O–H groups in total. The molecule has 3 rings (SSSR count). The fourth-order valence-corrected chi connectivity index (χ4v) is 3.41. The van der Waals surface area contributed by atoms with Crippen molar-refractivity contribution < 1.29 is 19.1 Å². The number of nitrogens with zero attached hydrogens (tertiary/aromatic N) is 1. The normalized spacial score (nSPS) is 15.3. The number of rotatable bonds is 8. The lowest BCUT2D eigenvalue weighted by atomic mass is 10.0. The SMILES string of the molecule is COc1ccc(C(CNC(=O)CNC(=O)c2ccc(C)cc2)N2CCOCC2)cc1. The first-order valence-electron chi connectivity index (χ1n) is 10.1. The van der Waals surface area contributed by atoms with E-state index >= 15 is 0 Å². The molecule has 1 saturated heterocycles. The van der Waals surface area contributed by atoms with Gasteiger partial charge in [-0.1, -0.05) is 29.8 Å². The highest BCUT2D eigenvalue weighted by Gasteiger charge is 2.23. The zero-order valence-electron chi connectivity index (χ0n) is 17.5. The Kier molecular flexibility index (Phi) is 7.82. The molecule has 2 aromatic carbocycles. The first-order valence-corrected chi connectivity index (χ1v) is 10.1. The van der Waals surface area contributed by atoms with Gasteiger partial charge in [0.1, 0.15) is 5.75 Å². The van der Waals surface area contributed by atoms with Gasteiger partial charge >= 0.3 is 0 Å². The van der Waals surface area contributed by atoms with Crippen LogP contribution >= 0.6 is 0 Å². The van der Waals surface area contributed by atoms with Crippen molar-refractivity contribution in [3.63, 3.8) is 0 Å². The van der Waals surface area contributed by atoms with E-state index in [1.807, 2.05) is 43.3 Å². The van der Waals surface area contributed by atoms with Crippen LogP contribution in [0.15, 0.2) is 48.5 Å². The molecule has 1 fully saturated rings. The topological polar surface area (TPSA) is 79.9 Å². The second-order valence-corrected chi connectivity index (χ2v) is 7.29. The Balaban J connectivity index is 1.56. The fraction of sp³-hybridized carbons (Fsp3) is 0.391. The lowest BCUT2D eigenvalue weighted by Crippen LogP contribution is -2.45. The van der Waals surface area contributed by atoms with Gasteiger partial charge < -0.3 is 20.1 Å². The summed E-state index contributed by atoms with van der Waals surface area (Å²) in [6, 6.07) is 15.2. The second-order valence-electron chi connectivity index (χ2n) is 7.29. The number of morpholine rings is 1. The second kappa shape index (κ2) is 10.8. The van der Waals surface area contributed by atoms with Gasteiger partial charge in [-0.25, -0.2) is 0 Å². The molecule has 1 aliphatic heterocycles. The molecule has 0 radical (unpaired) electrons. The Bertz CT molecular complexity index is 831. The minimum Gasteiger partial charge on any atom is -0.497 e. The smallest absolute Gasteiger partial charge is 0.251 e. The van der Waals surface area contributed by atoms with Gasteiger partial charge in [0, 0.05) is 25.2 Å². The Morgan fingerprint density at radius 3 is 2.33 bits per heavy atom. The van der Waals surface area contributed by atoms with Gasteiger partial charge in [-0.2, -0.15) is 0 Å². The number of carbonyl (C=O) groups excluding carboxylic acids is 2.